The number of fused-ring (bicyclic) bond motifs is 1. The summed E-state index contributed by atoms with van der Waals surface area (Å²) in [5.74, 6) is 2.76. The maximum Gasteiger partial charge on any atom is 0.231 e. The first kappa shape index (κ1) is 17.1. The van der Waals surface area contributed by atoms with Crippen molar-refractivity contribution in [1.29, 1.82) is 0 Å². The van der Waals surface area contributed by atoms with Crippen molar-refractivity contribution >= 4 is 17.5 Å². The first-order chi connectivity index (χ1) is 13.0. The highest BCUT2D eigenvalue weighted by Gasteiger charge is 2.16. The first-order valence-corrected chi connectivity index (χ1v) is 8.86. The molecule has 0 saturated heterocycles. The van der Waals surface area contributed by atoms with Crippen molar-refractivity contribution in [3.63, 3.8) is 0 Å². The van der Waals surface area contributed by atoms with Gasteiger partial charge in [-0.25, -0.2) is 4.98 Å². The van der Waals surface area contributed by atoms with Crippen molar-refractivity contribution in [1.82, 2.24) is 9.97 Å². The number of nitrogens with one attached hydrogen (secondary N) is 2. The Hall–Kier alpha value is -3.28. The van der Waals surface area contributed by atoms with Gasteiger partial charge in [-0.2, -0.15) is 4.98 Å². The van der Waals surface area contributed by atoms with Crippen LogP contribution in [0.2, 0.25) is 0 Å². The fourth-order valence-corrected chi connectivity index (χ4v) is 2.78. The smallest absolute Gasteiger partial charge is 0.231 e. The van der Waals surface area contributed by atoms with E-state index in [9.17, 15) is 0 Å². The molecule has 1 aromatic heterocycles. The van der Waals surface area contributed by atoms with E-state index in [0.29, 0.717) is 11.8 Å². The van der Waals surface area contributed by atoms with Gasteiger partial charge in [-0.1, -0.05) is 30.3 Å². The summed E-state index contributed by atoms with van der Waals surface area (Å²) in [5.41, 5.74) is 2.61. The average molecular weight is 362 g/mol. The van der Waals surface area contributed by atoms with Gasteiger partial charge in [-0.15, -0.1) is 0 Å². The minimum Gasteiger partial charge on any atom is -0.454 e. The van der Waals surface area contributed by atoms with Crippen LogP contribution >= 0.6 is 0 Å². The van der Waals surface area contributed by atoms with Crippen LogP contribution < -0.4 is 20.1 Å². The molecule has 27 heavy (non-hydrogen) atoms. The van der Waals surface area contributed by atoms with Gasteiger partial charge < -0.3 is 20.1 Å². The lowest BCUT2D eigenvalue weighted by Crippen LogP contribution is -2.27. The summed E-state index contributed by atoms with van der Waals surface area (Å²) in [6.07, 6.45) is 0. The molecule has 0 atom stereocenters. The molecule has 3 aromatic rings. The van der Waals surface area contributed by atoms with E-state index in [2.05, 4.69) is 41.4 Å². The molecule has 6 heteroatoms. The molecule has 1 aliphatic heterocycles. The highest BCUT2D eigenvalue weighted by atomic mass is 16.7. The predicted molar refractivity (Wildman–Crippen MR) is 107 cm³/mol. The number of anilines is 3. The van der Waals surface area contributed by atoms with Crippen LogP contribution in [0.5, 0.6) is 11.5 Å². The SMILES string of the molecule is CC(C)(C)Nc1nc(Nc2ccc3c(c2)OCO3)cc(-c2ccccc2)n1. The zero-order chi connectivity index (χ0) is 18.9. The van der Waals surface area contributed by atoms with Gasteiger partial charge in [0.1, 0.15) is 5.82 Å². The Kier molecular flexibility index (Phi) is 4.32. The van der Waals surface area contributed by atoms with Crippen molar-refractivity contribution in [3.05, 3.63) is 54.6 Å². The maximum atomic E-state index is 5.45. The molecule has 0 unspecified atom stereocenters. The molecule has 1 aliphatic rings. The zero-order valence-corrected chi connectivity index (χ0v) is 15.6. The Morgan fingerprint density at radius 2 is 1.67 bits per heavy atom. The number of benzene rings is 2. The number of ether oxygens (including phenoxy) is 2. The van der Waals surface area contributed by atoms with Gasteiger partial charge in [-0.3, -0.25) is 0 Å². The third-order valence-electron chi connectivity index (χ3n) is 3.93. The van der Waals surface area contributed by atoms with Crippen LogP contribution in [-0.4, -0.2) is 22.3 Å². The molecular weight excluding hydrogens is 340 g/mol. The normalized spacial score (nSPS) is 12.7. The van der Waals surface area contributed by atoms with Crippen LogP contribution in [0.3, 0.4) is 0 Å². The van der Waals surface area contributed by atoms with Crippen LogP contribution in [0.1, 0.15) is 20.8 Å². The summed E-state index contributed by atoms with van der Waals surface area (Å²) in [6, 6.07) is 17.7. The van der Waals surface area contributed by atoms with Gasteiger partial charge >= 0.3 is 0 Å². The van der Waals surface area contributed by atoms with Crippen LogP contribution in [0.25, 0.3) is 11.3 Å². The van der Waals surface area contributed by atoms with Crippen LogP contribution in [0, 0.1) is 0 Å². The highest BCUT2D eigenvalue weighted by molar-refractivity contribution is 5.68. The lowest BCUT2D eigenvalue weighted by molar-refractivity contribution is 0.174. The van der Waals surface area contributed by atoms with E-state index in [1.54, 1.807) is 0 Å². The topological polar surface area (TPSA) is 68.3 Å². The van der Waals surface area contributed by atoms with E-state index < -0.39 is 0 Å². The molecule has 0 aliphatic carbocycles. The summed E-state index contributed by atoms with van der Waals surface area (Å²) >= 11 is 0. The molecule has 138 valence electrons. The summed E-state index contributed by atoms with van der Waals surface area (Å²) in [4.78, 5) is 9.31. The van der Waals surface area contributed by atoms with Crippen molar-refractivity contribution in [2.45, 2.75) is 26.3 Å². The second-order valence-corrected chi connectivity index (χ2v) is 7.40. The second kappa shape index (κ2) is 6.79. The van der Waals surface area contributed by atoms with Crippen molar-refractivity contribution < 1.29 is 9.47 Å². The molecule has 0 saturated carbocycles. The largest absolute Gasteiger partial charge is 0.454 e. The summed E-state index contributed by atoms with van der Waals surface area (Å²) < 4.78 is 10.8. The molecule has 0 amide bonds. The van der Waals surface area contributed by atoms with Gasteiger partial charge in [0, 0.05) is 28.9 Å². The molecule has 2 N–H and O–H groups in total. The lowest BCUT2D eigenvalue weighted by Gasteiger charge is -2.21. The van der Waals surface area contributed by atoms with Crippen molar-refractivity contribution in [2.75, 3.05) is 17.4 Å². The Morgan fingerprint density at radius 3 is 2.44 bits per heavy atom. The minimum absolute atomic E-state index is 0.147. The third kappa shape index (κ3) is 4.11. The lowest BCUT2D eigenvalue weighted by atomic mass is 10.1. The van der Waals surface area contributed by atoms with Crippen molar-refractivity contribution in [3.8, 4) is 22.8 Å². The van der Waals surface area contributed by atoms with E-state index in [1.165, 1.54) is 0 Å². The van der Waals surface area contributed by atoms with E-state index in [4.69, 9.17) is 9.47 Å². The quantitative estimate of drug-likeness (QED) is 0.693. The number of aromatic nitrogens is 2. The summed E-state index contributed by atoms with van der Waals surface area (Å²) in [7, 11) is 0. The molecular formula is C21H22N4O2. The standard InChI is InChI=1S/C21H22N4O2/c1-21(2,3)25-20-23-16(14-7-5-4-6-8-14)12-19(24-20)22-15-9-10-17-18(11-15)27-13-26-17/h4-12H,13H2,1-3H3,(H2,22,23,24,25). The van der Waals surface area contributed by atoms with Gasteiger partial charge in [0.25, 0.3) is 0 Å². The van der Waals surface area contributed by atoms with E-state index in [1.807, 2.05) is 54.6 Å². The highest BCUT2D eigenvalue weighted by Crippen LogP contribution is 2.35. The zero-order valence-electron chi connectivity index (χ0n) is 15.6. The van der Waals surface area contributed by atoms with Gasteiger partial charge in [0.2, 0.25) is 12.7 Å². The van der Waals surface area contributed by atoms with Crippen molar-refractivity contribution in [2.24, 2.45) is 0 Å². The Labute approximate surface area is 158 Å². The number of rotatable bonds is 4. The molecule has 2 aromatic carbocycles. The molecule has 0 spiro atoms. The molecule has 0 radical (unpaired) electrons. The number of hydrogen-bond donors (Lipinski definition) is 2. The Morgan fingerprint density at radius 1 is 0.889 bits per heavy atom. The molecule has 6 nitrogen and oxygen atoms in total. The third-order valence-corrected chi connectivity index (χ3v) is 3.93. The van der Waals surface area contributed by atoms with Crippen LogP contribution in [-0.2, 0) is 0 Å². The molecule has 4 rings (SSSR count). The summed E-state index contributed by atoms with van der Waals surface area (Å²) in [6.45, 7) is 6.49. The Bertz CT molecular complexity index is 952. The fraction of sp³-hybridized carbons (Fsp3) is 0.238. The van der Waals surface area contributed by atoms with E-state index >= 15 is 0 Å². The Balaban J connectivity index is 1.69. The van der Waals surface area contributed by atoms with Gasteiger partial charge in [0.15, 0.2) is 11.5 Å². The molecule has 2 heterocycles. The van der Waals surface area contributed by atoms with E-state index in [-0.39, 0.29) is 12.3 Å². The number of hydrogen-bond acceptors (Lipinski definition) is 6. The number of nitrogens with zero attached hydrogens (tertiary/aromatic N) is 2. The predicted octanol–water partition coefficient (Wildman–Crippen LogP) is 4.83. The van der Waals surface area contributed by atoms with Crippen LogP contribution in [0.4, 0.5) is 17.5 Å². The molecule has 0 bridgehead atoms. The monoisotopic (exact) mass is 362 g/mol. The molecule has 0 fully saturated rings. The van der Waals surface area contributed by atoms with Crippen LogP contribution in [0.15, 0.2) is 54.6 Å². The minimum atomic E-state index is -0.147. The first-order valence-electron chi connectivity index (χ1n) is 8.86. The van der Waals surface area contributed by atoms with Gasteiger partial charge in [-0.05, 0) is 32.9 Å². The second-order valence-electron chi connectivity index (χ2n) is 7.40. The fourth-order valence-electron chi connectivity index (χ4n) is 2.78. The van der Waals surface area contributed by atoms with E-state index in [0.717, 1.165) is 28.4 Å². The average Bonchev–Trinajstić information content (AvgIpc) is 3.08. The maximum absolute atomic E-state index is 5.45. The van der Waals surface area contributed by atoms with Gasteiger partial charge in [0.05, 0.1) is 5.69 Å². The summed E-state index contributed by atoms with van der Waals surface area (Å²) in [5, 5.41) is 6.70.